The number of benzene rings is 2. The molecule has 2 aromatic rings. The first-order valence-corrected chi connectivity index (χ1v) is 12.0. The molecule has 1 aliphatic rings. The van der Waals surface area contributed by atoms with E-state index in [-0.39, 0.29) is 12.0 Å². The second kappa shape index (κ2) is 8.46. The lowest BCUT2D eigenvalue weighted by Crippen LogP contribution is -2.48. The largest absolute Gasteiger partial charge is 0.476 e. The maximum atomic E-state index is 13.0. The van der Waals surface area contributed by atoms with Crippen molar-refractivity contribution in [2.45, 2.75) is 39.2 Å². The van der Waals surface area contributed by atoms with Gasteiger partial charge in [-0.2, -0.15) is 0 Å². The van der Waals surface area contributed by atoms with Crippen LogP contribution in [0.15, 0.2) is 36.4 Å². The summed E-state index contributed by atoms with van der Waals surface area (Å²) in [5, 5.41) is 2.74. The molecule has 9 heteroatoms. The molecule has 1 aliphatic heterocycles. The van der Waals surface area contributed by atoms with Crippen molar-refractivity contribution in [1.82, 2.24) is 0 Å². The Bertz CT molecular complexity index is 1170. The third-order valence-corrected chi connectivity index (χ3v) is 6.53. The van der Waals surface area contributed by atoms with Crippen molar-refractivity contribution in [2.24, 2.45) is 0 Å². The van der Waals surface area contributed by atoms with E-state index in [9.17, 15) is 18.0 Å². The SMILES string of the molecule is COC(=O)c1cccc(NC(=O)C2CN(S(C)(=O)=O)c3cc(C(C)(C)C)ccc3O2)c1C. The zero-order chi connectivity index (χ0) is 23.8. The minimum Gasteiger partial charge on any atom is -0.476 e. The second-order valence-electron chi connectivity index (χ2n) is 8.79. The molecule has 32 heavy (non-hydrogen) atoms. The Kier molecular flexibility index (Phi) is 6.24. The summed E-state index contributed by atoms with van der Waals surface area (Å²) in [5.41, 5.74) is 2.46. The van der Waals surface area contributed by atoms with Crippen LogP contribution in [0.1, 0.15) is 42.3 Å². The van der Waals surface area contributed by atoms with Crippen LogP contribution in [0.25, 0.3) is 0 Å². The summed E-state index contributed by atoms with van der Waals surface area (Å²) in [4.78, 5) is 24.9. The highest BCUT2D eigenvalue weighted by Gasteiger charge is 2.36. The normalized spacial score (nSPS) is 16.1. The van der Waals surface area contributed by atoms with Crippen LogP contribution in [0.4, 0.5) is 11.4 Å². The van der Waals surface area contributed by atoms with Crippen molar-refractivity contribution in [2.75, 3.05) is 29.5 Å². The monoisotopic (exact) mass is 460 g/mol. The van der Waals surface area contributed by atoms with E-state index < -0.39 is 28.0 Å². The molecular weight excluding hydrogens is 432 g/mol. The van der Waals surface area contributed by atoms with Crippen LogP contribution in [-0.2, 0) is 25.0 Å². The highest BCUT2D eigenvalue weighted by molar-refractivity contribution is 7.92. The summed E-state index contributed by atoms with van der Waals surface area (Å²) in [6, 6.07) is 10.2. The van der Waals surface area contributed by atoms with Crippen LogP contribution >= 0.6 is 0 Å². The second-order valence-corrected chi connectivity index (χ2v) is 10.7. The molecule has 0 fully saturated rings. The number of nitrogens with zero attached hydrogens (tertiary/aromatic N) is 1. The summed E-state index contributed by atoms with van der Waals surface area (Å²) >= 11 is 0. The van der Waals surface area contributed by atoms with Gasteiger partial charge < -0.3 is 14.8 Å². The first-order chi connectivity index (χ1) is 14.8. The topological polar surface area (TPSA) is 102 Å². The molecule has 1 atom stereocenters. The molecule has 1 unspecified atom stereocenters. The van der Waals surface area contributed by atoms with Crippen LogP contribution in [0.2, 0.25) is 0 Å². The third-order valence-electron chi connectivity index (χ3n) is 5.38. The Balaban J connectivity index is 1.93. The average Bonchev–Trinajstić information content (AvgIpc) is 2.72. The molecule has 8 nitrogen and oxygen atoms in total. The molecule has 2 aromatic carbocycles. The van der Waals surface area contributed by atoms with Gasteiger partial charge in [-0.05, 0) is 47.7 Å². The number of nitrogens with one attached hydrogen (secondary N) is 1. The summed E-state index contributed by atoms with van der Waals surface area (Å²) in [6.45, 7) is 7.62. The van der Waals surface area contributed by atoms with Crippen LogP contribution in [0, 0.1) is 6.92 Å². The molecule has 0 aliphatic carbocycles. The van der Waals surface area contributed by atoms with Crippen LogP contribution in [-0.4, -0.2) is 46.3 Å². The van der Waals surface area contributed by atoms with E-state index in [1.54, 1.807) is 37.3 Å². The Morgan fingerprint density at radius 2 is 1.88 bits per heavy atom. The average molecular weight is 461 g/mol. The first kappa shape index (κ1) is 23.6. The lowest BCUT2D eigenvalue weighted by atomic mass is 9.86. The number of fused-ring (bicyclic) bond motifs is 1. The van der Waals surface area contributed by atoms with E-state index in [4.69, 9.17) is 9.47 Å². The number of ether oxygens (including phenoxy) is 2. The number of amides is 1. The van der Waals surface area contributed by atoms with E-state index in [1.165, 1.54) is 11.4 Å². The first-order valence-electron chi connectivity index (χ1n) is 10.1. The van der Waals surface area contributed by atoms with Gasteiger partial charge in [-0.15, -0.1) is 0 Å². The molecule has 3 rings (SSSR count). The number of carbonyl (C=O) groups excluding carboxylic acids is 2. The molecular formula is C23H28N2O6S. The van der Waals surface area contributed by atoms with Gasteiger partial charge in [0.2, 0.25) is 10.0 Å². The lowest BCUT2D eigenvalue weighted by Gasteiger charge is -2.35. The molecule has 1 heterocycles. The molecule has 0 aromatic heterocycles. The number of carbonyl (C=O) groups is 2. The van der Waals surface area contributed by atoms with Gasteiger partial charge in [-0.1, -0.05) is 32.9 Å². The minimum atomic E-state index is -3.66. The molecule has 0 radical (unpaired) electrons. The molecule has 0 saturated carbocycles. The van der Waals surface area contributed by atoms with Gasteiger partial charge in [0.1, 0.15) is 5.75 Å². The molecule has 1 amide bonds. The number of hydrogen-bond donors (Lipinski definition) is 1. The molecule has 172 valence electrons. The molecule has 0 saturated heterocycles. The maximum Gasteiger partial charge on any atom is 0.338 e. The van der Waals surface area contributed by atoms with Crippen molar-refractivity contribution in [3.05, 3.63) is 53.1 Å². The van der Waals surface area contributed by atoms with Crippen LogP contribution < -0.4 is 14.4 Å². The zero-order valence-corrected chi connectivity index (χ0v) is 19.9. The number of anilines is 2. The van der Waals surface area contributed by atoms with Gasteiger partial charge in [-0.25, -0.2) is 13.2 Å². The summed E-state index contributed by atoms with van der Waals surface area (Å²) in [6.07, 6.45) is 0.0315. The van der Waals surface area contributed by atoms with Crippen LogP contribution in [0.3, 0.4) is 0 Å². The van der Waals surface area contributed by atoms with E-state index in [1.807, 2.05) is 26.8 Å². The van der Waals surface area contributed by atoms with Gasteiger partial charge in [-0.3, -0.25) is 9.10 Å². The fraction of sp³-hybridized carbons (Fsp3) is 0.391. The minimum absolute atomic E-state index is 0.166. The fourth-order valence-electron chi connectivity index (χ4n) is 3.48. The van der Waals surface area contributed by atoms with Gasteiger partial charge in [0.15, 0.2) is 6.10 Å². The Morgan fingerprint density at radius 3 is 2.47 bits per heavy atom. The Hall–Kier alpha value is -3.07. The number of esters is 1. The van der Waals surface area contributed by atoms with E-state index in [0.717, 1.165) is 11.8 Å². The summed E-state index contributed by atoms with van der Waals surface area (Å²) < 4.78 is 36.9. The smallest absolute Gasteiger partial charge is 0.338 e. The van der Waals surface area contributed by atoms with Gasteiger partial charge in [0, 0.05) is 5.69 Å². The van der Waals surface area contributed by atoms with E-state index in [0.29, 0.717) is 28.3 Å². The predicted molar refractivity (Wildman–Crippen MR) is 123 cm³/mol. The number of rotatable bonds is 4. The van der Waals surface area contributed by atoms with E-state index >= 15 is 0 Å². The highest BCUT2D eigenvalue weighted by Crippen LogP contribution is 2.38. The van der Waals surface area contributed by atoms with Crippen molar-refractivity contribution in [3.8, 4) is 5.75 Å². The maximum absolute atomic E-state index is 13.0. The quantitative estimate of drug-likeness (QED) is 0.703. The van der Waals surface area contributed by atoms with E-state index in [2.05, 4.69) is 5.32 Å². The Morgan fingerprint density at radius 1 is 1.19 bits per heavy atom. The molecule has 1 N–H and O–H groups in total. The number of sulfonamides is 1. The fourth-order valence-corrected chi connectivity index (χ4v) is 4.39. The molecule has 0 spiro atoms. The van der Waals surface area contributed by atoms with Crippen LogP contribution in [0.5, 0.6) is 5.75 Å². The summed E-state index contributed by atoms with van der Waals surface area (Å²) in [5.74, 6) is -0.719. The highest BCUT2D eigenvalue weighted by atomic mass is 32.2. The van der Waals surface area contributed by atoms with Gasteiger partial charge in [0.05, 0.1) is 31.2 Å². The van der Waals surface area contributed by atoms with Crippen molar-refractivity contribution in [3.63, 3.8) is 0 Å². The summed E-state index contributed by atoms with van der Waals surface area (Å²) in [7, 11) is -2.38. The number of methoxy groups -OCH3 is 1. The predicted octanol–water partition coefficient (Wildman–Crippen LogP) is 3.24. The molecule has 0 bridgehead atoms. The van der Waals surface area contributed by atoms with Gasteiger partial charge in [0.25, 0.3) is 5.91 Å². The van der Waals surface area contributed by atoms with Crippen molar-refractivity contribution < 1.29 is 27.5 Å². The van der Waals surface area contributed by atoms with Gasteiger partial charge >= 0.3 is 5.97 Å². The lowest BCUT2D eigenvalue weighted by molar-refractivity contribution is -0.122. The standard InChI is InChI=1S/C23H28N2O6S/c1-14-16(22(27)30-5)8-7-9-17(14)24-21(26)20-13-25(32(6,28)29)18-12-15(23(2,3)4)10-11-19(18)31-20/h7-12,20H,13H2,1-6H3,(H,24,26). The van der Waals surface area contributed by atoms with Crippen molar-refractivity contribution in [1.29, 1.82) is 0 Å². The zero-order valence-electron chi connectivity index (χ0n) is 19.1. The van der Waals surface area contributed by atoms with Crippen molar-refractivity contribution >= 4 is 33.3 Å². The Labute approximate surface area is 188 Å². The number of hydrogen-bond acceptors (Lipinski definition) is 6. The third kappa shape index (κ3) is 4.72.